The number of ether oxygens (including phenoxy) is 2. The molecule has 0 aliphatic rings. The minimum absolute atomic E-state index is 0.103. The summed E-state index contributed by atoms with van der Waals surface area (Å²) in [5.74, 6) is -5.67. The number of carbonyl (C=O) groups excluding carboxylic acids is 2. The minimum atomic E-state index is -3.65. The number of benzene rings is 1. The van der Waals surface area contributed by atoms with Crippen LogP contribution >= 0.6 is 22.6 Å². The van der Waals surface area contributed by atoms with E-state index in [0.29, 0.717) is 21.6 Å². The van der Waals surface area contributed by atoms with Gasteiger partial charge in [-0.25, -0.2) is 9.59 Å². The topological polar surface area (TPSA) is 52.6 Å². The molecule has 0 fully saturated rings. The molecule has 1 rings (SSSR count). The minimum Gasteiger partial charge on any atom is -0.462 e. The van der Waals surface area contributed by atoms with Crippen molar-refractivity contribution in [3.63, 3.8) is 0 Å². The first kappa shape index (κ1) is 19.5. The van der Waals surface area contributed by atoms with Crippen LogP contribution in [0.25, 0.3) is 0 Å². The Balaban J connectivity index is 2.39. The third-order valence-corrected chi connectivity index (χ3v) is 3.54. The summed E-state index contributed by atoms with van der Waals surface area (Å²) in [6, 6.07) is 8.49. The molecular weight excluding hydrogens is 421 g/mol. The Morgan fingerprint density at radius 2 is 1.87 bits per heavy atom. The van der Waals surface area contributed by atoms with Gasteiger partial charge in [0.2, 0.25) is 0 Å². The summed E-state index contributed by atoms with van der Waals surface area (Å²) in [4.78, 5) is 22.7. The first-order valence-electron chi connectivity index (χ1n) is 7.01. The summed E-state index contributed by atoms with van der Waals surface area (Å²) in [6.07, 6.45) is 1.23. The number of rotatable bonds is 8. The van der Waals surface area contributed by atoms with E-state index in [4.69, 9.17) is 4.74 Å². The van der Waals surface area contributed by atoms with E-state index < -0.39 is 17.9 Å². The van der Waals surface area contributed by atoms with Crippen LogP contribution in [-0.2, 0) is 14.3 Å². The monoisotopic (exact) mass is 438 g/mol. The van der Waals surface area contributed by atoms with E-state index in [9.17, 15) is 18.4 Å². The molecule has 126 valence electrons. The molecule has 0 aliphatic carbocycles. The van der Waals surface area contributed by atoms with E-state index >= 15 is 0 Å². The van der Waals surface area contributed by atoms with Gasteiger partial charge in [0.25, 0.3) is 0 Å². The third kappa shape index (κ3) is 7.06. The number of hydrogen-bond acceptors (Lipinski definition) is 4. The molecule has 0 saturated heterocycles. The molecule has 0 bridgehead atoms. The molecular formula is C16H17F2IO4. The number of alkyl halides is 2. The number of esters is 2. The lowest BCUT2D eigenvalue weighted by Gasteiger charge is -2.11. The summed E-state index contributed by atoms with van der Waals surface area (Å²) in [6.45, 7) is 1.47. The Hall–Kier alpha value is -1.51. The first-order chi connectivity index (χ1) is 10.9. The molecule has 23 heavy (non-hydrogen) atoms. The molecule has 7 heteroatoms. The highest BCUT2D eigenvalue weighted by molar-refractivity contribution is 14.1. The fourth-order valence-electron chi connectivity index (χ4n) is 1.62. The molecule has 0 aliphatic heterocycles. The van der Waals surface area contributed by atoms with Gasteiger partial charge in [0, 0.05) is 6.08 Å². The van der Waals surface area contributed by atoms with Crippen LogP contribution in [0, 0.1) is 0 Å². The average molecular weight is 438 g/mol. The number of carbonyl (C=O) groups is 2. The summed E-state index contributed by atoms with van der Waals surface area (Å²) < 4.78 is 36.6. The first-order valence-corrected chi connectivity index (χ1v) is 8.09. The SMILES string of the molecule is CCOC(=O)C(F)(F)/C=C(\I)CCCOC(=O)c1ccccc1. The zero-order valence-electron chi connectivity index (χ0n) is 12.6. The van der Waals surface area contributed by atoms with Crippen molar-refractivity contribution in [2.24, 2.45) is 0 Å². The van der Waals surface area contributed by atoms with Gasteiger partial charge in [-0.05, 0) is 58.1 Å². The maximum atomic E-state index is 13.5. The van der Waals surface area contributed by atoms with Crippen LogP contribution in [0.15, 0.2) is 40.0 Å². The van der Waals surface area contributed by atoms with Gasteiger partial charge in [-0.15, -0.1) is 0 Å². The van der Waals surface area contributed by atoms with E-state index in [-0.39, 0.29) is 19.6 Å². The van der Waals surface area contributed by atoms with Crippen molar-refractivity contribution in [2.75, 3.05) is 13.2 Å². The van der Waals surface area contributed by atoms with Gasteiger partial charge in [0.1, 0.15) is 0 Å². The van der Waals surface area contributed by atoms with Crippen LogP contribution in [0.2, 0.25) is 0 Å². The van der Waals surface area contributed by atoms with Gasteiger partial charge in [0.15, 0.2) is 0 Å². The zero-order chi connectivity index (χ0) is 17.3. The number of halogens is 3. The lowest BCUT2D eigenvalue weighted by Crippen LogP contribution is -2.28. The summed E-state index contributed by atoms with van der Waals surface area (Å²) in [5.41, 5.74) is 0.437. The predicted octanol–water partition coefficient (Wildman–Crippen LogP) is 4.14. The molecule has 0 unspecified atom stereocenters. The van der Waals surface area contributed by atoms with Gasteiger partial charge in [0.05, 0.1) is 18.8 Å². The van der Waals surface area contributed by atoms with Crippen molar-refractivity contribution in [2.45, 2.75) is 25.7 Å². The second-order valence-corrected chi connectivity index (χ2v) is 5.93. The molecule has 4 nitrogen and oxygen atoms in total. The van der Waals surface area contributed by atoms with Crippen LogP contribution in [0.3, 0.4) is 0 Å². The second-order valence-electron chi connectivity index (χ2n) is 4.54. The van der Waals surface area contributed by atoms with Crippen molar-refractivity contribution >= 4 is 34.5 Å². The summed E-state index contributed by atoms with van der Waals surface area (Å²) in [7, 11) is 0. The van der Waals surface area contributed by atoms with Gasteiger partial charge in [-0.3, -0.25) is 0 Å². The average Bonchev–Trinajstić information content (AvgIpc) is 2.52. The van der Waals surface area contributed by atoms with E-state index in [1.54, 1.807) is 52.9 Å². The quantitative estimate of drug-likeness (QED) is 0.348. The highest BCUT2D eigenvalue weighted by Crippen LogP contribution is 2.24. The third-order valence-electron chi connectivity index (χ3n) is 2.69. The maximum absolute atomic E-state index is 13.5. The van der Waals surface area contributed by atoms with Crippen LogP contribution in [0.1, 0.15) is 30.1 Å². The molecule has 0 N–H and O–H groups in total. The van der Waals surface area contributed by atoms with E-state index in [2.05, 4.69) is 4.74 Å². The fourth-order valence-corrected chi connectivity index (χ4v) is 2.39. The predicted molar refractivity (Wildman–Crippen MR) is 89.6 cm³/mol. The Kier molecular flexibility index (Phi) is 8.15. The Labute approximate surface area is 147 Å². The largest absolute Gasteiger partial charge is 0.462 e. The molecule has 0 aromatic heterocycles. The van der Waals surface area contributed by atoms with Crippen LogP contribution in [0.4, 0.5) is 8.78 Å². The molecule has 0 atom stereocenters. The molecule has 0 spiro atoms. The molecule has 1 aromatic rings. The van der Waals surface area contributed by atoms with E-state index in [1.807, 2.05) is 0 Å². The fraction of sp³-hybridized carbons (Fsp3) is 0.375. The van der Waals surface area contributed by atoms with E-state index in [0.717, 1.165) is 0 Å². The van der Waals surface area contributed by atoms with Crippen LogP contribution < -0.4 is 0 Å². The van der Waals surface area contributed by atoms with Crippen molar-refractivity contribution < 1.29 is 27.8 Å². The number of allylic oxidation sites excluding steroid dienone is 1. The normalized spacial score (nSPS) is 11.9. The van der Waals surface area contributed by atoms with Crippen LogP contribution in [0.5, 0.6) is 0 Å². The van der Waals surface area contributed by atoms with Crippen molar-refractivity contribution in [3.8, 4) is 0 Å². The zero-order valence-corrected chi connectivity index (χ0v) is 14.7. The Morgan fingerprint density at radius 3 is 2.48 bits per heavy atom. The van der Waals surface area contributed by atoms with Gasteiger partial charge < -0.3 is 9.47 Å². The van der Waals surface area contributed by atoms with Crippen molar-refractivity contribution in [1.82, 2.24) is 0 Å². The standard InChI is InChI=1S/C16H17F2IO4/c1-2-22-15(21)16(17,18)11-13(19)9-6-10-23-14(20)12-7-4-3-5-8-12/h3-5,7-8,11H,2,6,9-10H2,1H3/b13-11-. The second kappa shape index (κ2) is 9.59. The highest BCUT2D eigenvalue weighted by Gasteiger charge is 2.38. The van der Waals surface area contributed by atoms with Crippen molar-refractivity contribution in [3.05, 3.63) is 45.6 Å². The van der Waals surface area contributed by atoms with E-state index in [1.165, 1.54) is 6.92 Å². The smallest absolute Gasteiger partial charge is 0.381 e. The molecule has 0 heterocycles. The summed E-state index contributed by atoms with van der Waals surface area (Å²) >= 11 is 1.73. The molecule has 1 aromatic carbocycles. The molecule has 0 radical (unpaired) electrons. The molecule has 0 amide bonds. The number of hydrogen-bond donors (Lipinski definition) is 0. The lowest BCUT2D eigenvalue weighted by atomic mass is 10.2. The maximum Gasteiger partial charge on any atom is 0.381 e. The Bertz CT molecular complexity index is 558. The van der Waals surface area contributed by atoms with Gasteiger partial charge in [-0.2, -0.15) is 8.78 Å². The lowest BCUT2D eigenvalue weighted by molar-refractivity contribution is -0.164. The van der Waals surface area contributed by atoms with Crippen molar-refractivity contribution in [1.29, 1.82) is 0 Å². The summed E-state index contributed by atoms with van der Waals surface area (Å²) in [5, 5.41) is 0. The van der Waals surface area contributed by atoms with Crippen LogP contribution in [-0.4, -0.2) is 31.1 Å². The highest BCUT2D eigenvalue weighted by atomic mass is 127. The molecule has 0 saturated carbocycles. The Morgan fingerprint density at radius 1 is 1.22 bits per heavy atom. The van der Waals surface area contributed by atoms with Gasteiger partial charge in [-0.1, -0.05) is 18.2 Å². The van der Waals surface area contributed by atoms with Gasteiger partial charge >= 0.3 is 17.9 Å².